The second kappa shape index (κ2) is 5.33. The second-order valence-electron chi connectivity index (χ2n) is 6.64. The number of hydrogen-bond acceptors (Lipinski definition) is 0. The van der Waals surface area contributed by atoms with Crippen molar-refractivity contribution in [1.29, 1.82) is 0 Å². The van der Waals surface area contributed by atoms with Crippen LogP contribution in [0.3, 0.4) is 0 Å². The van der Waals surface area contributed by atoms with E-state index in [2.05, 4.69) is 92.2 Å². The van der Waals surface area contributed by atoms with Crippen molar-refractivity contribution >= 4 is 10.9 Å². The number of para-hydroxylation sites is 1. The van der Waals surface area contributed by atoms with Gasteiger partial charge in [-0.15, -0.1) is 0 Å². The van der Waals surface area contributed by atoms with Gasteiger partial charge < -0.3 is 0 Å². The van der Waals surface area contributed by atoms with Crippen molar-refractivity contribution < 1.29 is 4.57 Å². The van der Waals surface area contributed by atoms with E-state index in [1.54, 1.807) is 0 Å². The molecule has 106 valence electrons. The molecule has 0 aliphatic heterocycles. The zero-order chi connectivity index (χ0) is 14.9. The van der Waals surface area contributed by atoms with Crippen LogP contribution in [0.15, 0.2) is 66.9 Å². The minimum absolute atomic E-state index is 0.213. The molecule has 1 aromatic heterocycles. The number of pyridine rings is 1. The van der Waals surface area contributed by atoms with Gasteiger partial charge in [0.05, 0.1) is 0 Å². The predicted molar refractivity (Wildman–Crippen MR) is 88.4 cm³/mol. The molecule has 21 heavy (non-hydrogen) atoms. The van der Waals surface area contributed by atoms with Crippen LogP contribution in [0, 0.1) is 0 Å². The van der Waals surface area contributed by atoms with E-state index in [9.17, 15) is 0 Å². The van der Waals surface area contributed by atoms with Crippen molar-refractivity contribution in [3.05, 3.63) is 78.0 Å². The van der Waals surface area contributed by atoms with Gasteiger partial charge in [-0.2, -0.15) is 4.57 Å². The van der Waals surface area contributed by atoms with E-state index >= 15 is 0 Å². The van der Waals surface area contributed by atoms with Gasteiger partial charge in [0.15, 0.2) is 12.7 Å². The fourth-order valence-electron chi connectivity index (χ4n) is 2.67. The summed E-state index contributed by atoms with van der Waals surface area (Å²) >= 11 is 0. The van der Waals surface area contributed by atoms with E-state index in [1.807, 2.05) is 0 Å². The van der Waals surface area contributed by atoms with Crippen LogP contribution in [-0.2, 0) is 12.0 Å². The molecule has 1 heterocycles. The van der Waals surface area contributed by atoms with Gasteiger partial charge in [0.25, 0.3) is 0 Å². The highest BCUT2D eigenvalue weighted by Crippen LogP contribution is 2.22. The maximum absolute atomic E-state index is 2.31. The van der Waals surface area contributed by atoms with Crippen molar-refractivity contribution in [3.8, 4) is 0 Å². The molecular formula is C20H22N+. The molecule has 0 unspecified atom stereocenters. The SMILES string of the molecule is CC(C)(C)c1ccc(C[n+]2cccc3ccccc32)cc1. The molecule has 0 amide bonds. The van der Waals surface area contributed by atoms with E-state index in [-0.39, 0.29) is 5.41 Å². The second-order valence-corrected chi connectivity index (χ2v) is 6.64. The molecule has 0 N–H and O–H groups in total. The summed E-state index contributed by atoms with van der Waals surface area (Å²) in [5.74, 6) is 0. The summed E-state index contributed by atoms with van der Waals surface area (Å²) in [6.07, 6.45) is 2.15. The van der Waals surface area contributed by atoms with Crippen molar-refractivity contribution in [1.82, 2.24) is 0 Å². The van der Waals surface area contributed by atoms with Crippen molar-refractivity contribution in [2.75, 3.05) is 0 Å². The van der Waals surface area contributed by atoms with Gasteiger partial charge in [-0.05, 0) is 23.1 Å². The van der Waals surface area contributed by atoms with Crippen molar-refractivity contribution in [2.45, 2.75) is 32.7 Å². The quantitative estimate of drug-likeness (QED) is 0.608. The van der Waals surface area contributed by atoms with Gasteiger partial charge in [0, 0.05) is 23.1 Å². The Bertz CT molecular complexity index is 743. The standard InChI is InChI=1S/C20H22N/c1-20(2,3)18-12-10-16(11-13-18)15-21-14-6-8-17-7-4-5-9-19(17)21/h4-14H,15H2,1-3H3/q+1. The highest BCUT2D eigenvalue weighted by atomic mass is 14.9. The van der Waals surface area contributed by atoms with Crippen LogP contribution in [0.25, 0.3) is 10.9 Å². The molecular weight excluding hydrogens is 254 g/mol. The first-order valence-electron chi connectivity index (χ1n) is 7.51. The van der Waals surface area contributed by atoms with Crippen LogP contribution in [0.4, 0.5) is 0 Å². The summed E-state index contributed by atoms with van der Waals surface area (Å²) in [7, 11) is 0. The lowest BCUT2D eigenvalue weighted by Crippen LogP contribution is -2.34. The number of rotatable bonds is 2. The molecule has 0 fully saturated rings. The predicted octanol–water partition coefficient (Wildman–Crippen LogP) is 4.47. The molecule has 0 aliphatic rings. The Morgan fingerprint density at radius 1 is 0.810 bits per heavy atom. The Labute approximate surface area is 126 Å². The van der Waals surface area contributed by atoms with E-state index in [0.29, 0.717) is 0 Å². The van der Waals surface area contributed by atoms with Gasteiger partial charge in [-0.25, -0.2) is 0 Å². The van der Waals surface area contributed by atoms with E-state index in [4.69, 9.17) is 0 Å². The minimum Gasteiger partial charge on any atom is -0.194 e. The highest BCUT2D eigenvalue weighted by molar-refractivity contribution is 5.74. The molecule has 0 spiro atoms. The topological polar surface area (TPSA) is 3.88 Å². The zero-order valence-electron chi connectivity index (χ0n) is 13.0. The van der Waals surface area contributed by atoms with E-state index < -0.39 is 0 Å². The fraction of sp³-hybridized carbons (Fsp3) is 0.250. The Balaban J connectivity index is 1.92. The Kier molecular flexibility index (Phi) is 3.50. The molecule has 1 nitrogen and oxygen atoms in total. The van der Waals surface area contributed by atoms with E-state index in [0.717, 1.165) is 6.54 Å². The van der Waals surface area contributed by atoms with Gasteiger partial charge >= 0.3 is 0 Å². The monoisotopic (exact) mass is 276 g/mol. The molecule has 0 saturated carbocycles. The number of nitrogens with zero attached hydrogens (tertiary/aromatic N) is 1. The summed E-state index contributed by atoms with van der Waals surface area (Å²) in [4.78, 5) is 0. The van der Waals surface area contributed by atoms with Crippen LogP contribution < -0.4 is 4.57 Å². The first kappa shape index (κ1) is 13.8. The summed E-state index contributed by atoms with van der Waals surface area (Å²) in [5, 5.41) is 1.28. The third-order valence-corrected chi connectivity index (χ3v) is 3.96. The number of aromatic nitrogens is 1. The normalized spacial score (nSPS) is 11.8. The average molecular weight is 276 g/mol. The molecule has 3 aromatic rings. The van der Waals surface area contributed by atoms with Crippen molar-refractivity contribution in [3.63, 3.8) is 0 Å². The number of hydrogen-bond donors (Lipinski definition) is 0. The van der Waals surface area contributed by atoms with Crippen molar-refractivity contribution in [2.24, 2.45) is 0 Å². The third kappa shape index (κ3) is 2.97. The molecule has 0 radical (unpaired) electrons. The maximum Gasteiger partial charge on any atom is 0.212 e. The summed E-state index contributed by atoms with van der Waals surface area (Å²) in [5.41, 5.74) is 4.21. The Morgan fingerprint density at radius 2 is 1.48 bits per heavy atom. The zero-order valence-corrected chi connectivity index (χ0v) is 13.0. The lowest BCUT2D eigenvalue weighted by Gasteiger charge is -2.18. The van der Waals surface area contributed by atoms with Crippen LogP contribution in [-0.4, -0.2) is 0 Å². The molecule has 0 bridgehead atoms. The first-order chi connectivity index (χ1) is 10.0. The molecule has 3 rings (SSSR count). The van der Waals surface area contributed by atoms with Crippen LogP contribution in [0.1, 0.15) is 31.9 Å². The van der Waals surface area contributed by atoms with Crippen LogP contribution in [0.2, 0.25) is 0 Å². The summed E-state index contributed by atoms with van der Waals surface area (Å²) in [6, 6.07) is 21.8. The first-order valence-corrected chi connectivity index (χ1v) is 7.51. The summed E-state index contributed by atoms with van der Waals surface area (Å²) in [6.45, 7) is 7.66. The number of benzene rings is 2. The largest absolute Gasteiger partial charge is 0.212 e. The van der Waals surface area contributed by atoms with Gasteiger partial charge in [-0.1, -0.05) is 57.2 Å². The maximum atomic E-state index is 2.31. The lowest BCUT2D eigenvalue weighted by atomic mass is 9.87. The van der Waals surface area contributed by atoms with E-state index in [1.165, 1.54) is 22.0 Å². The smallest absolute Gasteiger partial charge is 0.194 e. The third-order valence-electron chi connectivity index (χ3n) is 3.96. The number of fused-ring (bicyclic) bond motifs is 1. The molecule has 2 aromatic carbocycles. The molecule has 0 atom stereocenters. The minimum atomic E-state index is 0.213. The lowest BCUT2D eigenvalue weighted by molar-refractivity contribution is -0.662. The Hall–Kier alpha value is -2.15. The molecule has 0 saturated heterocycles. The van der Waals surface area contributed by atoms with Crippen LogP contribution in [0.5, 0.6) is 0 Å². The van der Waals surface area contributed by atoms with Crippen LogP contribution >= 0.6 is 0 Å². The van der Waals surface area contributed by atoms with Gasteiger partial charge in [0.2, 0.25) is 5.52 Å². The highest BCUT2D eigenvalue weighted by Gasteiger charge is 2.14. The molecule has 0 aliphatic carbocycles. The van der Waals surface area contributed by atoms with Gasteiger partial charge in [0.1, 0.15) is 0 Å². The van der Waals surface area contributed by atoms with Gasteiger partial charge in [-0.3, -0.25) is 0 Å². The Morgan fingerprint density at radius 3 is 2.19 bits per heavy atom. The molecule has 1 heteroatoms. The average Bonchev–Trinajstić information content (AvgIpc) is 2.47. The fourth-order valence-corrected chi connectivity index (χ4v) is 2.67. The summed E-state index contributed by atoms with van der Waals surface area (Å²) < 4.78 is 2.31.